The number of benzene rings is 1. The molecule has 1 aromatic carbocycles. The van der Waals surface area contributed by atoms with Crippen LogP contribution in [-0.4, -0.2) is 63.6 Å². The van der Waals surface area contributed by atoms with Crippen molar-refractivity contribution < 1.29 is 14.9 Å². The highest BCUT2D eigenvalue weighted by atomic mass is 16.5. The molecule has 1 saturated carbocycles. The topological polar surface area (TPSA) is 65.8 Å². The maximum absolute atomic E-state index is 11.2. The molecule has 1 aromatic heterocycles. The third kappa shape index (κ3) is 2.78. The number of likely N-dealkylation sites (N-methyl/N-ethyl adjacent to an activating group) is 1. The zero-order valence-corrected chi connectivity index (χ0v) is 21.7. The highest BCUT2D eigenvalue weighted by Gasteiger charge is 2.68. The van der Waals surface area contributed by atoms with Gasteiger partial charge in [-0.25, -0.2) is 0 Å². The van der Waals surface area contributed by atoms with E-state index in [4.69, 9.17) is 4.74 Å². The standard InChI is InChI=1S/C31H36N2O3/c1-18-15-29(2)22(20-5-6-21-17-32-12-9-19(21)13-20)7-8-26(29)31-11-10-30(36-31)16-25(33(3)4)28(35)27(34)24(30)14-23(18)31/h5-7,9,12-14,17,25-28,34-35H,8,10-11,15-16H2,1-4H3. The van der Waals surface area contributed by atoms with Gasteiger partial charge in [-0.3, -0.25) is 4.98 Å². The smallest absolute Gasteiger partial charge is 0.105 e. The fourth-order valence-corrected chi connectivity index (χ4v) is 8.70. The molecule has 2 aliphatic heterocycles. The largest absolute Gasteiger partial charge is 0.388 e. The van der Waals surface area contributed by atoms with E-state index in [1.165, 1.54) is 33.1 Å². The molecule has 2 N–H and O–H groups in total. The maximum atomic E-state index is 11.2. The molecular weight excluding hydrogens is 448 g/mol. The van der Waals surface area contributed by atoms with Crippen LogP contribution in [0.25, 0.3) is 16.3 Å². The molecule has 7 rings (SSSR count). The van der Waals surface area contributed by atoms with Crippen LogP contribution in [0.5, 0.6) is 0 Å². The molecule has 0 radical (unpaired) electrons. The van der Waals surface area contributed by atoms with Crippen LogP contribution >= 0.6 is 0 Å². The molecule has 1 saturated heterocycles. The highest BCUT2D eigenvalue weighted by molar-refractivity contribution is 5.87. The van der Waals surface area contributed by atoms with Gasteiger partial charge in [-0.1, -0.05) is 36.8 Å². The quantitative estimate of drug-likeness (QED) is 0.650. The van der Waals surface area contributed by atoms with E-state index < -0.39 is 17.8 Å². The Labute approximate surface area is 213 Å². The Morgan fingerprint density at radius 3 is 2.75 bits per heavy atom. The molecular formula is C31H36N2O3. The van der Waals surface area contributed by atoms with Gasteiger partial charge in [0.15, 0.2) is 0 Å². The predicted molar refractivity (Wildman–Crippen MR) is 141 cm³/mol. The van der Waals surface area contributed by atoms with Crippen LogP contribution in [0, 0.1) is 11.3 Å². The van der Waals surface area contributed by atoms with E-state index in [0.717, 1.165) is 37.7 Å². The number of fused-ring (bicyclic) bond motifs is 2. The van der Waals surface area contributed by atoms with Crippen molar-refractivity contribution in [3.63, 3.8) is 0 Å². The van der Waals surface area contributed by atoms with Crippen LogP contribution in [0.2, 0.25) is 0 Å². The van der Waals surface area contributed by atoms with Crippen LogP contribution in [0.15, 0.2) is 65.5 Å². The van der Waals surface area contributed by atoms with Crippen molar-refractivity contribution in [3.8, 4) is 0 Å². The number of nitrogens with zero attached hydrogens (tertiary/aromatic N) is 2. The van der Waals surface area contributed by atoms with Gasteiger partial charge >= 0.3 is 0 Å². The molecule has 2 bridgehead atoms. The average molecular weight is 485 g/mol. The Morgan fingerprint density at radius 1 is 1.11 bits per heavy atom. The first kappa shape index (κ1) is 22.9. The number of aromatic nitrogens is 1. The molecule has 0 amide bonds. The van der Waals surface area contributed by atoms with Crippen LogP contribution in [-0.2, 0) is 4.74 Å². The second-order valence-electron chi connectivity index (χ2n) is 12.4. The van der Waals surface area contributed by atoms with Gasteiger partial charge in [0.2, 0.25) is 0 Å². The van der Waals surface area contributed by atoms with Gasteiger partial charge in [-0.05, 0) is 92.9 Å². The summed E-state index contributed by atoms with van der Waals surface area (Å²) < 4.78 is 7.32. The first-order valence-electron chi connectivity index (χ1n) is 13.4. The van der Waals surface area contributed by atoms with Crippen molar-refractivity contribution in [1.82, 2.24) is 9.88 Å². The summed E-state index contributed by atoms with van der Waals surface area (Å²) >= 11 is 0. The lowest BCUT2D eigenvalue weighted by Gasteiger charge is -2.56. The molecule has 3 heterocycles. The first-order valence-corrected chi connectivity index (χ1v) is 13.4. The number of ether oxygens (including phenoxy) is 1. The molecule has 2 spiro atoms. The number of allylic oxidation sites excluding steroid dienone is 3. The summed E-state index contributed by atoms with van der Waals surface area (Å²) in [6.45, 7) is 4.69. The molecule has 7 atom stereocenters. The van der Waals surface area contributed by atoms with Crippen molar-refractivity contribution in [2.24, 2.45) is 11.3 Å². The molecule has 2 aromatic rings. The Bertz CT molecular complexity index is 1370. The van der Waals surface area contributed by atoms with Crippen LogP contribution in [0.1, 0.15) is 51.5 Å². The van der Waals surface area contributed by atoms with Crippen molar-refractivity contribution in [2.45, 2.75) is 75.4 Å². The van der Waals surface area contributed by atoms with Gasteiger partial charge in [0.05, 0.1) is 17.3 Å². The Balaban J connectivity index is 1.33. The molecule has 5 heteroatoms. The summed E-state index contributed by atoms with van der Waals surface area (Å²) in [5.74, 6) is 0.353. The van der Waals surface area contributed by atoms with Gasteiger partial charge < -0.3 is 19.8 Å². The molecule has 3 aliphatic carbocycles. The van der Waals surface area contributed by atoms with Gasteiger partial charge in [0.25, 0.3) is 0 Å². The van der Waals surface area contributed by atoms with Crippen LogP contribution in [0.3, 0.4) is 0 Å². The molecule has 5 nitrogen and oxygen atoms in total. The van der Waals surface area contributed by atoms with Crippen LogP contribution in [0.4, 0.5) is 0 Å². The lowest BCUT2D eigenvalue weighted by atomic mass is 9.56. The van der Waals surface area contributed by atoms with Gasteiger partial charge in [-0.2, -0.15) is 0 Å². The summed E-state index contributed by atoms with van der Waals surface area (Å²) in [7, 11) is 3.97. The minimum Gasteiger partial charge on any atom is -0.388 e. The zero-order chi connectivity index (χ0) is 25.0. The Hall–Kier alpha value is -2.31. The molecule has 2 fully saturated rings. The number of hydrogen-bond donors (Lipinski definition) is 2. The predicted octanol–water partition coefficient (Wildman–Crippen LogP) is 4.65. The second-order valence-corrected chi connectivity index (χ2v) is 12.4. The van der Waals surface area contributed by atoms with Gasteiger partial charge in [0, 0.05) is 35.2 Å². The third-order valence-corrected chi connectivity index (χ3v) is 10.3. The van der Waals surface area contributed by atoms with Gasteiger partial charge in [-0.15, -0.1) is 0 Å². The summed E-state index contributed by atoms with van der Waals surface area (Å²) in [5.41, 5.74) is 5.41. The Morgan fingerprint density at radius 2 is 1.94 bits per heavy atom. The average Bonchev–Trinajstić information content (AvgIpc) is 3.36. The number of aliphatic hydroxyl groups is 2. The van der Waals surface area contributed by atoms with Crippen LogP contribution < -0.4 is 0 Å². The summed E-state index contributed by atoms with van der Waals surface area (Å²) in [5, 5.41) is 24.6. The van der Waals surface area contributed by atoms with E-state index in [1.807, 2.05) is 31.4 Å². The van der Waals surface area contributed by atoms with Crippen molar-refractivity contribution in [2.75, 3.05) is 14.1 Å². The summed E-state index contributed by atoms with van der Waals surface area (Å²) in [6.07, 6.45) is 11.4. The van der Waals surface area contributed by atoms with E-state index >= 15 is 0 Å². The van der Waals surface area contributed by atoms with Crippen molar-refractivity contribution in [3.05, 3.63) is 71.1 Å². The molecule has 7 unspecified atom stereocenters. The van der Waals surface area contributed by atoms with E-state index in [2.05, 4.69) is 55.2 Å². The number of rotatable bonds is 2. The third-order valence-electron chi connectivity index (χ3n) is 10.3. The first-order chi connectivity index (χ1) is 17.2. The molecule has 36 heavy (non-hydrogen) atoms. The molecule has 188 valence electrons. The van der Waals surface area contributed by atoms with E-state index in [1.54, 1.807) is 0 Å². The van der Waals surface area contributed by atoms with E-state index in [9.17, 15) is 10.2 Å². The minimum absolute atomic E-state index is 0.0150. The Kier molecular flexibility index (Phi) is 4.69. The fraction of sp³-hybridized carbons (Fsp3) is 0.516. The van der Waals surface area contributed by atoms with Gasteiger partial charge in [0.1, 0.15) is 6.10 Å². The van der Waals surface area contributed by atoms with E-state index in [0.29, 0.717) is 5.92 Å². The number of pyridine rings is 1. The number of hydrogen-bond acceptors (Lipinski definition) is 5. The van der Waals surface area contributed by atoms with Crippen molar-refractivity contribution in [1.29, 1.82) is 0 Å². The SMILES string of the molecule is CC1=C2C=C3C(O)C(O)C(N(C)C)CC34CCC2(O4)C2CC=C(c3ccc4cnccc4c3)C2(C)C1. The normalized spacial score (nSPS) is 41.2. The summed E-state index contributed by atoms with van der Waals surface area (Å²) in [6, 6.07) is 8.74. The fourth-order valence-electron chi connectivity index (χ4n) is 8.70. The second kappa shape index (κ2) is 7.38. The lowest BCUT2D eigenvalue weighted by Crippen LogP contribution is -2.62. The van der Waals surface area contributed by atoms with Crippen molar-refractivity contribution >= 4 is 16.3 Å². The zero-order valence-electron chi connectivity index (χ0n) is 21.7. The monoisotopic (exact) mass is 484 g/mol. The lowest BCUT2D eigenvalue weighted by molar-refractivity contribution is -0.162. The molecule has 5 aliphatic rings. The number of aliphatic hydroxyl groups excluding tert-OH is 2. The minimum atomic E-state index is -0.889. The maximum Gasteiger partial charge on any atom is 0.105 e. The summed E-state index contributed by atoms with van der Waals surface area (Å²) in [4.78, 5) is 6.32. The van der Waals surface area contributed by atoms with E-state index in [-0.39, 0.29) is 17.1 Å². The highest BCUT2D eigenvalue weighted by Crippen LogP contribution is 2.69.